The summed E-state index contributed by atoms with van der Waals surface area (Å²) < 4.78 is 10.6. The maximum Gasteiger partial charge on any atom is 0.248 e. The standard InChI is InChI=1S/C33H35NO3/c1-36-29-14-8-23(17-30(29)37-2)9-15-31(35)34-28-12-10-27(11-13-28)33-20-24-16-25(21-33)19-32(18-24,22-33)26-6-4-3-5-7-26/h3-15,17,24-25H,16,18-22H2,1-2H3,(H,34,35)/b15-9+/t24-,25-,32?,33?/m0/s1. The van der Waals surface area contributed by atoms with Gasteiger partial charge in [-0.3, -0.25) is 4.79 Å². The zero-order chi connectivity index (χ0) is 25.5. The van der Waals surface area contributed by atoms with Crippen molar-refractivity contribution in [2.75, 3.05) is 19.5 Å². The Balaban J connectivity index is 1.17. The average Bonchev–Trinajstić information content (AvgIpc) is 2.92. The summed E-state index contributed by atoms with van der Waals surface area (Å²) in [6.45, 7) is 0. The highest BCUT2D eigenvalue weighted by molar-refractivity contribution is 6.02. The molecule has 3 aromatic rings. The van der Waals surface area contributed by atoms with Crippen LogP contribution in [0.15, 0.2) is 78.9 Å². The van der Waals surface area contributed by atoms with Crippen LogP contribution in [0.1, 0.15) is 55.2 Å². The van der Waals surface area contributed by atoms with E-state index in [2.05, 4.69) is 59.9 Å². The van der Waals surface area contributed by atoms with Gasteiger partial charge in [0.05, 0.1) is 14.2 Å². The summed E-state index contributed by atoms with van der Waals surface area (Å²) in [5.74, 6) is 2.79. The van der Waals surface area contributed by atoms with Crippen molar-refractivity contribution >= 4 is 17.7 Å². The number of hydrogen-bond donors (Lipinski definition) is 1. The number of carbonyl (C=O) groups excluding carboxylic acids is 1. The average molecular weight is 494 g/mol. The first kappa shape index (κ1) is 23.8. The molecular formula is C33H35NO3. The maximum absolute atomic E-state index is 12.6. The van der Waals surface area contributed by atoms with Crippen LogP contribution in [-0.4, -0.2) is 20.1 Å². The third-order valence-corrected chi connectivity index (χ3v) is 9.05. The summed E-state index contributed by atoms with van der Waals surface area (Å²) in [7, 11) is 3.21. The minimum Gasteiger partial charge on any atom is -0.493 e. The zero-order valence-electron chi connectivity index (χ0n) is 21.7. The van der Waals surface area contributed by atoms with Gasteiger partial charge in [0.25, 0.3) is 0 Å². The van der Waals surface area contributed by atoms with E-state index >= 15 is 0 Å². The molecule has 4 nitrogen and oxygen atoms in total. The summed E-state index contributed by atoms with van der Waals surface area (Å²) in [5, 5.41) is 3.02. The normalized spacial score (nSPS) is 27.8. The number of hydrogen-bond acceptors (Lipinski definition) is 3. The lowest BCUT2D eigenvalue weighted by atomic mass is 9.42. The van der Waals surface area contributed by atoms with Gasteiger partial charge in [-0.1, -0.05) is 48.5 Å². The van der Waals surface area contributed by atoms with Crippen LogP contribution < -0.4 is 14.8 Å². The maximum atomic E-state index is 12.6. The van der Waals surface area contributed by atoms with E-state index in [1.807, 2.05) is 18.2 Å². The van der Waals surface area contributed by atoms with Crippen LogP contribution in [0.25, 0.3) is 6.08 Å². The number of carbonyl (C=O) groups is 1. The van der Waals surface area contributed by atoms with Crippen molar-refractivity contribution in [2.24, 2.45) is 11.8 Å². The van der Waals surface area contributed by atoms with Gasteiger partial charge in [-0.15, -0.1) is 0 Å². The second-order valence-corrected chi connectivity index (χ2v) is 11.4. The number of nitrogens with one attached hydrogen (secondary N) is 1. The van der Waals surface area contributed by atoms with E-state index in [1.165, 1.54) is 44.1 Å². The van der Waals surface area contributed by atoms with Crippen molar-refractivity contribution in [3.8, 4) is 11.5 Å². The summed E-state index contributed by atoms with van der Waals surface area (Å²) >= 11 is 0. The summed E-state index contributed by atoms with van der Waals surface area (Å²) in [4.78, 5) is 12.6. The molecule has 0 radical (unpaired) electrons. The molecule has 7 rings (SSSR count). The molecule has 0 unspecified atom stereocenters. The fourth-order valence-electron chi connectivity index (χ4n) is 7.95. The number of ether oxygens (including phenoxy) is 2. The molecule has 4 aliphatic carbocycles. The summed E-state index contributed by atoms with van der Waals surface area (Å²) in [5.41, 5.74) is 5.27. The van der Waals surface area contributed by atoms with Crippen LogP contribution in [0.5, 0.6) is 11.5 Å². The van der Waals surface area contributed by atoms with Crippen LogP contribution in [0, 0.1) is 11.8 Å². The molecule has 190 valence electrons. The Labute approximate surface area is 219 Å². The third kappa shape index (κ3) is 4.43. The molecule has 37 heavy (non-hydrogen) atoms. The first-order valence-electron chi connectivity index (χ1n) is 13.4. The number of benzene rings is 3. The lowest BCUT2D eigenvalue weighted by Crippen LogP contribution is -2.55. The molecule has 1 amide bonds. The van der Waals surface area contributed by atoms with Gasteiger partial charge in [-0.05, 0) is 108 Å². The molecule has 4 heteroatoms. The predicted octanol–water partition coefficient (Wildman–Crippen LogP) is 7.15. The lowest BCUT2D eigenvalue weighted by molar-refractivity contribution is -0.111. The van der Waals surface area contributed by atoms with E-state index < -0.39 is 0 Å². The SMILES string of the molecule is COc1ccc(/C=C/C(=O)Nc2ccc(C34C[C@H]5C[C@@H](CC(c6ccccc6)(C5)C3)C4)cc2)cc1OC. The van der Waals surface area contributed by atoms with E-state index in [0.717, 1.165) is 23.1 Å². The Morgan fingerprint density at radius 1 is 0.811 bits per heavy atom. The Morgan fingerprint density at radius 2 is 1.43 bits per heavy atom. The fraction of sp³-hybridized carbons (Fsp3) is 0.364. The van der Waals surface area contributed by atoms with E-state index in [1.54, 1.807) is 31.9 Å². The number of methoxy groups -OCH3 is 2. The van der Waals surface area contributed by atoms with Gasteiger partial charge in [0, 0.05) is 11.8 Å². The minimum atomic E-state index is -0.152. The number of amides is 1. The molecule has 0 spiro atoms. The Kier molecular flexibility index (Phi) is 6.06. The van der Waals surface area contributed by atoms with Crippen molar-refractivity contribution < 1.29 is 14.3 Å². The Bertz CT molecular complexity index is 1300. The smallest absolute Gasteiger partial charge is 0.248 e. The van der Waals surface area contributed by atoms with Gasteiger partial charge in [0.15, 0.2) is 11.5 Å². The van der Waals surface area contributed by atoms with Crippen LogP contribution in [-0.2, 0) is 15.6 Å². The molecule has 4 saturated carbocycles. The highest BCUT2D eigenvalue weighted by Crippen LogP contribution is 2.66. The van der Waals surface area contributed by atoms with Gasteiger partial charge < -0.3 is 14.8 Å². The predicted molar refractivity (Wildman–Crippen MR) is 148 cm³/mol. The first-order valence-corrected chi connectivity index (χ1v) is 13.4. The molecule has 0 heterocycles. The Morgan fingerprint density at radius 3 is 2.05 bits per heavy atom. The second kappa shape index (κ2) is 9.41. The van der Waals surface area contributed by atoms with Crippen molar-refractivity contribution in [3.63, 3.8) is 0 Å². The van der Waals surface area contributed by atoms with Gasteiger partial charge in [-0.25, -0.2) is 0 Å². The van der Waals surface area contributed by atoms with Gasteiger partial charge >= 0.3 is 0 Å². The van der Waals surface area contributed by atoms with Crippen molar-refractivity contribution in [1.82, 2.24) is 0 Å². The molecule has 0 aliphatic heterocycles. The monoisotopic (exact) mass is 493 g/mol. The van der Waals surface area contributed by atoms with E-state index in [0.29, 0.717) is 16.9 Å². The molecule has 1 N–H and O–H groups in total. The van der Waals surface area contributed by atoms with Gasteiger partial charge in [0.2, 0.25) is 5.91 Å². The van der Waals surface area contributed by atoms with Gasteiger partial charge in [0.1, 0.15) is 0 Å². The van der Waals surface area contributed by atoms with E-state index in [-0.39, 0.29) is 11.3 Å². The van der Waals surface area contributed by atoms with Crippen LogP contribution in [0.3, 0.4) is 0 Å². The third-order valence-electron chi connectivity index (χ3n) is 9.05. The molecule has 4 fully saturated rings. The molecule has 4 bridgehead atoms. The molecule has 2 atom stereocenters. The highest BCUT2D eigenvalue weighted by Gasteiger charge is 2.58. The topological polar surface area (TPSA) is 47.6 Å². The highest BCUT2D eigenvalue weighted by atomic mass is 16.5. The molecule has 0 saturated heterocycles. The van der Waals surface area contributed by atoms with Crippen molar-refractivity contribution in [3.05, 3.63) is 95.6 Å². The summed E-state index contributed by atoms with van der Waals surface area (Å²) in [6, 6.07) is 25.5. The largest absolute Gasteiger partial charge is 0.493 e. The first-order chi connectivity index (χ1) is 18.0. The fourth-order valence-corrected chi connectivity index (χ4v) is 7.95. The zero-order valence-corrected chi connectivity index (χ0v) is 21.7. The summed E-state index contributed by atoms with van der Waals surface area (Å²) in [6.07, 6.45) is 11.3. The number of anilines is 1. The van der Waals surface area contributed by atoms with E-state index in [9.17, 15) is 4.79 Å². The Hall–Kier alpha value is -3.53. The van der Waals surface area contributed by atoms with Gasteiger partial charge in [-0.2, -0.15) is 0 Å². The molecule has 0 aromatic heterocycles. The van der Waals surface area contributed by atoms with Crippen molar-refractivity contribution in [2.45, 2.75) is 49.4 Å². The minimum absolute atomic E-state index is 0.152. The number of rotatable bonds is 7. The van der Waals surface area contributed by atoms with Crippen molar-refractivity contribution in [1.29, 1.82) is 0 Å². The molecular weight excluding hydrogens is 458 g/mol. The molecule has 4 aliphatic rings. The van der Waals surface area contributed by atoms with Crippen LogP contribution >= 0.6 is 0 Å². The quantitative estimate of drug-likeness (QED) is 0.356. The molecule has 3 aromatic carbocycles. The van der Waals surface area contributed by atoms with Crippen LogP contribution in [0.4, 0.5) is 5.69 Å². The second-order valence-electron chi connectivity index (χ2n) is 11.4. The van der Waals surface area contributed by atoms with E-state index in [4.69, 9.17) is 9.47 Å². The van der Waals surface area contributed by atoms with Crippen LogP contribution in [0.2, 0.25) is 0 Å². The lowest BCUT2D eigenvalue weighted by Gasteiger charge is -2.62.